The molecule has 17 heavy (non-hydrogen) atoms. The van der Waals surface area contributed by atoms with Gasteiger partial charge in [-0.2, -0.15) is 0 Å². The molecule has 1 saturated carbocycles. The van der Waals surface area contributed by atoms with Crippen molar-refractivity contribution in [3.63, 3.8) is 0 Å². The predicted molar refractivity (Wildman–Crippen MR) is 67.5 cm³/mol. The molecule has 2 rings (SSSR count). The van der Waals surface area contributed by atoms with Gasteiger partial charge in [0.2, 0.25) is 6.33 Å². The summed E-state index contributed by atoms with van der Waals surface area (Å²) in [7, 11) is 3.93. The summed E-state index contributed by atoms with van der Waals surface area (Å²) in [6.07, 6.45) is 9.39. The minimum atomic E-state index is 0.416. The SMILES string of the molecule is COC1C(C)CC(C)CC1Cn1cc[n+](C)c1. The zero-order valence-corrected chi connectivity index (χ0v) is 11.5. The van der Waals surface area contributed by atoms with Crippen LogP contribution in [0.3, 0.4) is 0 Å². The highest BCUT2D eigenvalue weighted by molar-refractivity contribution is 4.84. The number of nitrogens with zero attached hydrogens (tertiary/aromatic N) is 2. The van der Waals surface area contributed by atoms with Crippen molar-refractivity contribution in [1.82, 2.24) is 4.57 Å². The zero-order valence-electron chi connectivity index (χ0n) is 11.5. The van der Waals surface area contributed by atoms with Crippen molar-refractivity contribution in [3.05, 3.63) is 18.7 Å². The van der Waals surface area contributed by atoms with E-state index in [1.54, 1.807) is 0 Å². The molecule has 1 aliphatic carbocycles. The van der Waals surface area contributed by atoms with Gasteiger partial charge in [0.05, 0.1) is 19.7 Å². The van der Waals surface area contributed by atoms with Crippen molar-refractivity contribution in [3.8, 4) is 0 Å². The molecule has 1 heterocycles. The minimum Gasteiger partial charge on any atom is -0.381 e. The van der Waals surface area contributed by atoms with Crippen LogP contribution in [-0.4, -0.2) is 17.8 Å². The van der Waals surface area contributed by atoms with Crippen molar-refractivity contribution < 1.29 is 9.30 Å². The van der Waals surface area contributed by atoms with Gasteiger partial charge in [0.25, 0.3) is 0 Å². The molecule has 3 nitrogen and oxygen atoms in total. The van der Waals surface area contributed by atoms with E-state index in [4.69, 9.17) is 4.74 Å². The van der Waals surface area contributed by atoms with Gasteiger partial charge in [-0.3, -0.25) is 0 Å². The third-order valence-corrected chi connectivity index (χ3v) is 4.05. The second-order valence-electron chi connectivity index (χ2n) is 5.79. The van der Waals surface area contributed by atoms with Crippen LogP contribution in [0.15, 0.2) is 18.7 Å². The van der Waals surface area contributed by atoms with Crippen LogP contribution in [0.1, 0.15) is 26.7 Å². The van der Waals surface area contributed by atoms with Crippen LogP contribution in [0.5, 0.6) is 0 Å². The lowest BCUT2D eigenvalue weighted by Gasteiger charge is -2.37. The van der Waals surface area contributed by atoms with Crippen molar-refractivity contribution in [2.75, 3.05) is 7.11 Å². The first-order valence-electron chi connectivity index (χ1n) is 6.64. The van der Waals surface area contributed by atoms with E-state index >= 15 is 0 Å². The number of rotatable bonds is 3. The Hall–Kier alpha value is -0.830. The molecule has 0 radical (unpaired) electrons. The molecule has 1 aromatic heterocycles. The van der Waals surface area contributed by atoms with E-state index in [0.29, 0.717) is 17.9 Å². The molecule has 4 atom stereocenters. The number of hydrogen-bond donors (Lipinski definition) is 0. The molecule has 1 aromatic rings. The molecule has 0 amide bonds. The Kier molecular flexibility index (Phi) is 3.87. The van der Waals surface area contributed by atoms with Gasteiger partial charge in [-0.15, -0.1) is 0 Å². The summed E-state index contributed by atoms with van der Waals surface area (Å²) in [5.74, 6) is 2.15. The lowest BCUT2D eigenvalue weighted by molar-refractivity contribution is -0.671. The lowest BCUT2D eigenvalue weighted by Crippen LogP contribution is -2.38. The monoisotopic (exact) mass is 237 g/mol. The summed E-state index contributed by atoms with van der Waals surface area (Å²) >= 11 is 0. The van der Waals surface area contributed by atoms with E-state index in [0.717, 1.165) is 12.5 Å². The highest BCUT2D eigenvalue weighted by Crippen LogP contribution is 2.35. The predicted octanol–water partition coefficient (Wildman–Crippen LogP) is 2.01. The fourth-order valence-electron chi connectivity index (χ4n) is 3.46. The van der Waals surface area contributed by atoms with Crippen LogP contribution in [0.2, 0.25) is 0 Å². The molecule has 0 bridgehead atoms. The maximum Gasteiger partial charge on any atom is 0.243 e. The quantitative estimate of drug-likeness (QED) is 0.735. The molecule has 96 valence electrons. The summed E-state index contributed by atoms with van der Waals surface area (Å²) in [5, 5.41) is 0. The Morgan fingerprint density at radius 2 is 2.12 bits per heavy atom. The number of aromatic nitrogens is 2. The first-order chi connectivity index (χ1) is 8.10. The standard InChI is InChI=1S/C14H25N2O/c1-11-7-12(2)14(17-4)13(8-11)9-16-6-5-15(3)10-16/h5-6,10-14H,7-9H2,1-4H3/q+1. The largest absolute Gasteiger partial charge is 0.381 e. The smallest absolute Gasteiger partial charge is 0.243 e. The number of aryl methyl sites for hydroxylation is 1. The second kappa shape index (κ2) is 5.21. The summed E-state index contributed by atoms with van der Waals surface area (Å²) in [6, 6.07) is 0. The third kappa shape index (κ3) is 2.89. The summed E-state index contributed by atoms with van der Waals surface area (Å²) in [6.45, 7) is 5.77. The molecule has 0 spiro atoms. The molecular weight excluding hydrogens is 212 g/mol. The minimum absolute atomic E-state index is 0.416. The number of methoxy groups -OCH3 is 1. The normalized spacial score (nSPS) is 33.9. The molecule has 0 saturated heterocycles. The first kappa shape index (κ1) is 12.6. The topological polar surface area (TPSA) is 18.0 Å². The highest BCUT2D eigenvalue weighted by atomic mass is 16.5. The van der Waals surface area contributed by atoms with Gasteiger partial charge in [-0.05, 0) is 24.7 Å². The highest BCUT2D eigenvalue weighted by Gasteiger charge is 2.35. The molecule has 1 fully saturated rings. The van der Waals surface area contributed by atoms with Gasteiger partial charge in [0.1, 0.15) is 12.4 Å². The van der Waals surface area contributed by atoms with E-state index < -0.39 is 0 Å². The number of hydrogen-bond acceptors (Lipinski definition) is 1. The van der Waals surface area contributed by atoms with Crippen LogP contribution < -0.4 is 4.57 Å². The average molecular weight is 237 g/mol. The van der Waals surface area contributed by atoms with Crippen LogP contribution in [0.25, 0.3) is 0 Å². The Morgan fingerprint density at radius 1 is 1.35 bits per heavy atom. The number of ether oxygens (including phenoxy) is 1. The van der Waals surface area contributed by atoms with Crippen molar-refractivity contribution in [2.45, 2.75) is 39.3 Å². The van der Waals surface area contributed by atoms with E-state index in [1.807, 2.05) is 7.11 Å². The van der Waals surface area contributed by atoms with Gasteiger partial charge < -0.3 is 4.74 Å². The fraction of sp³-hybridized carbons (Fsp3) is 0.786. The summed E-state index contributed by atoms with van der Waals surface area (Å²) in [5.41, 5.74) is 0. The first-order valence-corrected chi connectivity index (χ1v) is 6.64. The van der Waals surface area contributed by atoms with E-state index in [-0.39, 0.29) is 0 Å². The van der Waals surface area contributed by atoms with E-state index in [2.05, 4.69) is 48.8 Å². The Balaban J connectivity index is 2.06. The number of imidazole rings is 1. The lowest BCUT2D eigenvalue weighted by atomic mass is 9.74. The fourth-order valence-corrected chi connectivity index (χ4v) is 3.46. The summed E-state index contributed by atoms with van der Waals surface area (Å²) < 4.78 is 10.1. The molecular formula is C14H25N2O+. The Labute approximate surface area is 104 Å². The van der Waals surface area contributed by atoms with E-state index in [1.165, 1.54) is 12.8 Å². The molecule has 0 N–H and O–H groups in total. The molecule has 1 aliphatic rings. The average Bonchev–Trinajstić information content (AvgIpc) is 2.63. The van der Waals surface area contributed by atoms with Gasteiger partial charge in [0.15, 0.2) is 0 Å². The van der Waals surface area contributed by atoms with Crippen LogP contribution in [0, 0.1) is 17.8 Å². The van der Waals surface area contributed by atoms with Crippen LogP contribution >= 0.6 is 0 Å². The van der Waals surface area contributed by atoms with Gasteiger partial charge >= 0.3 is 0 Å². The van der Waals surface area contributed by atoms with Crippen molar-refractivity contribution in [2.24, 2.45) is 24.8 Å². The molecule has 4 unspecified atom stereocenters. The van der Waals surface area contributed by atoms with E-state index in [9.17, 15) is 0 Å². The van der Waals surface area contributed by atoms with Crippen LogP contribution in [-0.2, 0) is 18.3 Å². The molecule has 3 heteroatoms. The van der Waals surface area contributed by atoms with Crippen molar-refractivity contribution >= 4 is 0 Å². The zero-order chi connectivity index (χ0) is 12.4. The molecule has 0 aromatic carbocycles. The maximum absolute atomic E-state index is 5.72. The Bertz CT molecular complexity index is 361. The van der Waals surface area contributed by atoms with Crippen molar-refractivity contribution in [1.29, 1.82) is 0 Å². The maximum atomic E-state index is 5.72. The second-order valence-corrected chi connectivity index (χ2v) is 5.79. The Morgan fingerprint density at radius 3 is 2.71 bits per heavy atom. The van der Waals surface area contributed by atoms with Gasteiger partial charge in [0, 0.05) is 13.0 Å². The third-order valence-electron chi connectivity index (χ3n) is 4.05. The summed E-state index contributed by atoms with van der Waals surface area (Å²) in [4.78, 5) is 0. The van der Waals surface area contributed by atoms with Crippen LogP contribution in [0.4, 0.5) is 0 Å². The van der Waals surface area contributed by atoms with Gasteiger partial charge in [-0.25, -0.2) is 9.13 Å². The molecule has 0 aliphatic heterocycles. The van der Waals surface area contributed by atoms with Gasteiger partial charge in [-0.1, -0.05) is 13.8 Å².